The molecule has 0 fully saturated rings. The van der Waals surface area contributed by atoms with Crippen LogP contribution in [0.1, 0.15) is 11.5 Å². The van der Waals surface area contributed by atoms with Crippen molar-refractivity contribution < 1.29 is 9.63 Å². The lowest BCUT2D eigenvalue weighted by atomic mass is 10.1. The smallest absolute Gasteiger partial charge is 0.256 e. The summed E-state index contributed by atoms with van der Waals surface area (Å²) in [5.41, 5.74) is 1.99. The van der Waals surface area contributed by atoms with E-state index in [1.165, 1.54) is 0 Å². The summed E-state index contributed by atoms with van der Waals surface area (Å²) in [5, 5.41) is 14.2. The molecule has 0 saturated carbocycles. The van der Waals surface area contributed by atoms with E-state index in [1.54, 1.807) is 0 Å². The molecule has 0 atom stereocenters. The van der Waals surface area contributed by atoms with Crippen molar-refractivity contribution in [2.75, 3.05) is 0 Å². The molecule has 0 N–H and O–H groups in total. The summed E-state index contributed by atoms with van der Waals surface area (Å²) < 4.78 is 4.73. The van der Waals surface area contributed by atoms with Crippen molar-refractivity contribution in [1.82, 2.24) is 10.1 Å². The Kier molecular flexibility index (Phi) is 2.28. The van der Waals surface area contributed by atoms with Gasteiger partial charge in [0.05, 0.1) is 0 Å². The maximum atomic E-state index is 10.4. The van der Waals surface area contributed by atoms with Crippen LogP contribution in [-0.4, -0.2) is 10.1 Å². The summed E-state index contributed by atoms with van der Waals surface area (Å²) in [4.78, 5) is 3.95. The molecule has 1 radical (unpaired) electrons. The summed E-state index contributed by atoms with van der Waals surface area (Å²) >= 11 is 0. The molecule has 0 saturated heterocycles. The van der Waals surface area contributed by atoms with Crippen LogP contribution in [0.5, 0.6) is 0 Å². The largest absolute Gasteiger partial charge is 0.336 e. The zero-order chi connectivity index (χ0) is 9.97. The van der Waals surface area contributed by atoms with Gasteiger partial charge in [-0.05, 0) is 13.0 Å². The molecule has 0 aliphatic carbocycles. The first kappa shape index (κ1) is 8.90. The van der Waals surface area contributed by atoms with E-state index in [1.807, 2.05) is 31.2 Å². The van der Waals surface area contributed by atoms with Gasteiger partial charge in [0, 0.05) is 5.56 Å². The molecule has 1 heterocycles. The van der Waals surface area contributed by atoms with Crippen LogP contribution in [0.25, 0.3) is 11.4 Å². The molecule has 0 aliphatic rings. The Balaban J connectivity index is 2.39. The van der Waals surface area contributed by atoms with Crippen molar-refractivity contribution in [3.63, 3.8) is 0 Å². The minimum Gasteiger partial charge on any atom is -0.336 e. The normalized spacial score (nSPS) is 10.4. The molecular weight excluding hydrogens is 180 g/mol. The average molecular weight is 189 g/mol. The van der Waals surface area contributed by atoms with Crippen LogP contribution < -0.4 is 0 Å². The third-order valence-electron chi connectivity index (χ3n) is 1.87. The van der Waals surface area contributed by atoms with Crippen molar-refractivity contribution in [3.8, 4) is 11.4 Å². The molecule has 0 bridgehead atoms. The van der Waals surface area contributed by atoms with Crippen molar-refractivity contribution in [3.05, 3.63) is 35.7 Å². The number of benzene rings is 1. The van der Waals surface area contributed by atoms with Gasteiger partial charge in [-0.2, -0.15) is 4.98 Å². The van der Waals surface area contributed by atoms with E-state index in [0.29, 0.717) is 5.82 Å². The van der Waals surface area contributed by atoms with Crippen molar-refractivity contribution >= 4 is 0 Å². The molecule has 0 aliphatic heterocycles. The quantitative estimate of drug-likeness (QED) is 0.725. The molecule has 1 aromatic heterocycles. The van der Waals surface area contributed by atoms with Gasteiger partial charge in [-0.15, -0.1) is 0 Å². The van der Waals surface area contributed by atoms with Gasteiger partial charge < -0.3 is 4.52 Å². The molecule has 4 nitrogen and oxygen atoms in total. The molecule has 14 heavy (non-hydrogen) atoms. The number of hydrogen-bond acceptors (Lipinski definition) is 3. The zero-order valence-corrected chi connectivity index (χ0v) is 7.73. The molecule has 2 aromatic rings. The monoisotopic (exact) mass is 189 g/mol. The van der Waals surface area contributed by atoms with Crippen LogP contribution in [0.3, 0.4) is 0 Å². The van der Waals surface area contributed by atoms with Gasteiger partial charge in [-0.3, -0.25) is 0 Å². The van der Waals surface area contributed by atoms with E-state index in [4.69, 9.17) is 4.52 Å². The molecule has 2 rings (SSSR count). The van der Waals surface area contributed by atoms with Crippen LogP contribution in [0.2, 0.25) is 0 Å². The van der Waals surface area contributed by atoms with Gasteiger partial charge in [0.25, 0.3) is 5.89 Å². The summed E-state index contributed by atoms with van der Waals surface area (Å²) in [6.07, 6.45) is 0. The number of aryl methyl sites for hydroxylation is 1. The second-order valence-corrected chi connectivity index (χ2v) is 3.03. The summed E-state index contributed by atoms with van der Waals surface area (Å²) in [5.74, 6) is 0.598. The number of hydrogen-bond donors (Lipinski definition) is 0. The van der Waals surface area contributed by atoms with E-state index in [9.17, 15) is 5.11 Å². The third-order valence-corrected chi connectivity index (χ3v) is 1.87. The second-order valence-electron chi connectivity index (χ2n) is 3.03. The first-order valence-electron chi connectivity index (χ1n) is 4.27. The highest BCUT2D eigenvalue weighted by Gasteiger charge is 2.07. The summed E-state index contributed by atoms with van der Waals surface area (Å²) in [6.45, 7) is 1.51. The summed E-state index contributed by atoms with van der Waals surface area (Å²) in [6, 6.07) is 7.72. The molecule has 4 heteroatoms. The SMILES string of the molecule is Cc1cccc(-c2noc(C[O])n2)c1. The number of rotatable bonds is 2. The Labute approximate surface area is 81.2 Å². The Morgan fingerprint density at radius 2 is 2.29 bits per heavy atom. The Morgan fingerprint density at radius 3 is 2.93 bits per heavy atom. The second kappa shape index (κ2) is 3.59. The van der Waals surface area contributed by atoms with Gasteiger partial charge in [0.1, 0.15) is 0 Å². The lowest BCUT2D eigenvalue weighted by Crippen LogP contribution is -1.83. The predicted molar refractivity (Wildman–Crippen MR) is 48.9 cm³/mol. The van der Waals surface area contributed by atoms with Crippen LogP contribution in [-0.2, 0) is 11.7 Å². The Morgan fingerprint density at radius 1 is 1.43 bits per heavy atom. The third kappa shape index (κ3) is 1.65. The maximum Gasteiger partial charge on any atom is 0.256 e. The first-order chi connectivity index (χ1) is 6.79. The molecule has 1 aromatic carbocycles. The van der Waals surface area contributed by atoms with E-state index in [-0.39, 0.29) is 5.89 Å². The highest BCUT2D eigenvalue weighted by molar-refractivity contribution is 5.55. The van der Waals surface area contributed by atoms with E-state index in [2.05, 4.69) is 10.1 Å². The van der Waals surface area contributed by atoms with E-state index in [0.717, 1.165) is 11.1 Å². The average Bonchev–Trinajstić information content (AvgIpc) is 2.66. The van der Waals surface area contributed by atoms with Gasteiger partial charge in [-0.25, -0.2) is 5.11 Å². The van der Waals surface area contributed by atoms with Gasteiger partial charge in [0.15, 0.2) is 6.61 Å². The van der Waals surface area contributed by atoms with Crippen molar-refractivity contribution in [2.24, 2.45) is 0 Å². The fourth-order valence-corrected chi connectivity index (χ4v) is 1.21. The Hall–Kier alpha value is -1.68. The highest BCUT2D eigenvalue weighted by atomic mass is 16.5. The van der Waals surface area contributed by atoms with E-state index >= 15 is 0 Å². The molecular formula is C10H9N2O2. The summed E-state index contributed by atoms with van der Waals surface area (Å²) in [7, 11) is 0. The lowest BCUT2D eigenvalue weighted by Gasteiger charge is -1.94. The standard InChI is InChI=1S/C10H9N2O2/c1-7-3-2-4-8(5-7)10-11-9(6-13)14-12-10/h2-5H,6H2,1H3. The van der Waals surface area contributed by atoms with Crippen LogP contribution >= 0.6 is 0 Å². The predicted octanol–water partition coefficient (Wildman–Crippen LogP) is 1.98. The molecule has 0 unspecified atom stereocenters. The fourth-order valence-electron chi connectivity index (χ4n) is 1.21. The lowest BCUT2D eigenvalue weighted by molar-refractivity contribution is 0.142. The van der Waals surface area contributed by atoms with Gasteiger partial charge in [0.2, 0.25) is 5.82 Å². The fraction of sp³-hybridized carbons (Fsp3) is 0.200. The topological polar surface area (TPSA) is 58.8 Å². The zero-order valence-electron chi connectivity index (χ0n) is 7.73. The maximum absolute atomic E-state index is 10.4. The van der Waals surface area contributed by atoms with Crippen LogP contribution in [0, 0.1) is 6.92 Å². The molecule has 0 spiro atoms. The van der Waals surface area contributed by atoms with Crippen LogP contribution in [0.15, 0.2) is 28.8 Å². The molecule has 71 valence electrons. The molecule has 0 amide bonds. The van der Waals surface area contributed by atoms with Gasteiger partial charge in [-0.1, -0.05) is 28.9 Å². The van der Waals surface area contributed by atoms with Crippen molar-refractivity contribution in [1.29, 1.82) is 0 Å². The Bertz CT molecular complexity index is 437. The van der Waals surface area contributed by atoms with Gasteiger partial charge >= 0.3 is 0 Å². The van der Waals surface area contributed by atoms with E-state index < -0.39 is 6.61 Å². The number of aromatic nitrogens is 2. The number of nitrogens with zero attached hydrogens (tertiary/aromatic N) is 2. The highest BCUT2D eigenvalue weighted by Crippen LogP contribution is 2.16. The minimum atomic E-state index is -0.473. The minimum absolute atomic E-state index is 0.126. The first-order valence-corrected chi connectivity index (χ1v) is 4.27. The van der Waals surface area contributed by atoms with Crippen LogP contribution in [0.4, 0.5) is 0 Å². The van der Waals surface area contributed by atoms with Crippen molar-refractivity contribution in [2.45, 2.75) is 13.5 Å².